The Hall–Kier alpha value is -2.75. The van der Waals surface area contributed by atoms with Crippen molar-refractivity contribution in [1.29, 1.82) is 0 Å². The van der Waals surface area contributed by atoms with Gasteiger partial charge in [-0.1, -0.05) is 30.0 Å². The third-order valence-corrected chi connectivity index (χ3v) is 7.12. The summed E-state index contributed by atoms with van der Waals surface area (Å²) >= 11 is 1.42. The SMILES string of the molecule is COc1ccc(NC2=N[C@H]3[C@@H](O)[C@H](O)C[C@H](C(=O)NCc4ccccc4OC)[C@H]3S2)cc1. The van der Waals surface area contributed by atoms with Gasteiger partial charge < -0.3 is 30.3 Å². The standard InChI is InChI=1S/C23H27N3O5S/c1-30-15-9-7-14(8-10-15)25-23-26-19-20(28)17(27)11-16(21(19)32-23)22(29)24-12-13-5-3-4-6-18(13)31-2/h3-10,16-17,19-21,27-28H,11-12H2,1-2H3,(H,24,29)(H,25,26)/t16-,17+,19-,20-,21+/m0/s1. The van der Waals surface area contributed by atoms with Crippen molar-refractivity contribution in [3.63, 3.8) is 0 Å². The molecule has 1 fully saturated rings. The molecule has 0 unspecified atom stereocenters. The molecule has 1 heterocycles. The van der Waals surface area contributed by atoms with E-state index in [0.717, 1.165) is 17.0 Å². The van der Waals surface area contributed by atoms with Gasteiger partial charge in [0.2, 0.25) is 5.91 Å². The number of anilines is 1. The summed E-state index contributed by atoms with van der Waals surface area (Å²) in [5.74, 6) is 0.784. The van der Waals surface area contributed by atoms with Gasteiger partial charge in [0.25, 0.3) is 0 Å². The highest BCUT2D eigenvalue weighted by Crippen LogP contribution is 2.41. The predicted octanol–water partition coefficient (Wildman–Crippen LogP) is 2.01. The van der Waals surface area contributed by atoms with Crippen molar-refractivity contribution in [3.05, 3.63) is 54.1 Å². The number of amidine groups is 1. The summed E-state index contributed by atoms with van der Waals surface area (Å²) in [5.41, 5.74) is 1.69. The number of carbonyl (C=O) groups is 1. The maximum Gasteiger partial charge on any atom is 0.224 e. The molecule has 4 rings (SSSR count). The van der Waals surface area contributed by atoms with Gasteiger partial charge in [-0.25, -0.2) is 0 Å². The topological polar surface area (TPSA) is 112 Å². The van der Waals surface area contributed by atoms with E-state index in [9.17, 15) is 15.0 Å². The number of rotatable bonds is 6. The van der Waals surface area contributed by atoms with Gasteiger partial charge in [-0.15, -0.1) is 0 Å². The molecule has 1 saturated carbocycles. The normalized spacial score (nSPS) is 26.6. The Morgan fingerprint density at radius 1 is 1.12 bits per heavy atom. The largest absolute Gasteiger partial charge is 0.497 e. The molecule has 170 valence electrons. The summed E-state index contributed by atoms with van der Waals surface area (Å²) in [6, 6.07) is 14.3. The maximum absolute atomic E-state index is 13.1. The van der Waals surface area contributed by atoms with E-state index in [2.05, 4.69) is 15.6 Å². The predicted molar refractivity (Wildman–Crippen MR) is 124 cm³/mol. The first-order valence-corrected chi connectivity index (χ1v) is 11.3. The molecule has 1 amide bonds. The molecule has 2 aromatic carbocycles. The van der Waals surface area contributed by atoms with E-state index in [1.165, 1.54) is 11.8 Å². The van der Waals surface area contributed by atoms with Crippen LogP contribution >= 0.6 is 11.8 Å². The van der Waals surface area contributed by atoms with Gasteiger partial charge in [0.1, 0.15) is 17.6 Å². The number of nitrogens with one attached hydrogen (secondary N) is 2. The van der Waals surface area contributed by atoms with Crippen LogP contribution in [0.15, 0.2) is 53.5 Å². The van der Waals surface area contributed by atoms with E-state index in [1.807, 2.05) is 48.5 Å². The monoisotopic (exact) mass is 457 g/mol. The fourth-order valence-corrected chi connectivity index (χ4v) is 5.45. The fraction of sp³-hybridized carbons (Fsp3) is 0.391. The van der Waals surface area contributed by atoms with Crippen LogP contribution in [0.1, 0.15) is 12.0 Å². The molecule has 4 N–H and O–H groups in total. The Labute approximate surface area is 191 Å². The zero-order valence-corrected chi connectivity index (χ0v) is 18.7. The molecule has 2 aliphatic rings. The van der Waals surface area contributed by atoms with Gasteiger partial charge in [0.15, 0.2) is 5.17 Å². The number of nitrogens with zero attached hydrogens (tertiary/aromatic N) is 1. The molecular formula is C23H27N3O5S. The molecule has 1 aliphatic heterocycles. The van der Waals surface area contributed by atoms with Crippen LogP contribution in [0.5, 0.6) is 11.5 Å². The third-order valence-electron chi connectivity index (χ3n) is 5.81. The lowest BCUT2D eigenvalue weighted by Crippen LogP contribution is -2.53. The second kappa shape index (κ2) is 9.81. The van der Waals surface area contributed by atoms with Crippen LogP contribution in [0.4, 0.5) is 5.69 Å². The molecule has 0 spiro atoms. The zero-order chi connectivity index (χ0) is 22.7. The summed E-state index contributed by atoms with van der Waals surface area (Å²) in [7, 11) is 3.20. The number of para-hydroxylation sites is 1. The first kappa shape index (κ1) is 22.4. The van der Waals surface area contributed by atoms with Crippen molar-refractivity contribution in [2.75, 3.05) is 19.5 Å². The number of hydrogen-bond acceptors (Lipinski definition) is 8. The number of aliphatic hydroxyl groups is 2. The maximum atomic E-state index is 13.1. The molecule has 2 aromatic rings. The van der Waals surface area contributed by atoms with Crippen LogP contribution in [0.2, 0.25) is 0 Å². The molecular weight excluding hydrogens is 430 g/mol. The van der Waals surface area contributed by atoms with Crippen molar-refractivity contribution in [3.8, 4) is 11.5 Å². The minimum atomic E-state index is -1.01. The van der Waals surface area contributed by atoms with Crippen molar-refractivity contribution < 1.29 is 24.5 Å². The highest BCUT2D eigenvalue weighted by atomic mass is 32.2. The van der Waals surface area contributed by atoms with Gasteiger partial charge in [-0.05, 0) is 36.8 Å². The Kier molecular flexibility index (Phi) is 6.88. The lowest BCUT2D eigenvalue weighted by molar-refractivity contribution is -0.129. The first-order chi connectivity index (χ1) is 15.5. The third kappa shape index (κ3) is 4.69. The number of hydrogen-bond donors (Lipinski definition) is 4. The number of amides is 1. The highest BCUT2D eigenvalue weighted by Gasteiger charge is 2.50. The van der Waals surface area contributed by atoms with Crippen LogP contribution in [-0.4, -0.2) is 59.0 Å². The smallest absolute Gasteiger partial charge is 0.224 e. The quantitative estimate of drug-likeness (QED) is 0.525. The lowest BCUT2D eigenvalue weighted by Gasteiger charge is -2.37. The zero-order valence-electron chi connectivity index (χ0n) is 17.9. The Bertz CT molecular complexity index is 984. The molecule has 0 bridgehead atoms. The van der Waals surface area contributed by atoms with Crippen LogP contribution < -0.4 is 20.1 Å². The minimum absolute atomic E-state index is 0.176. The Balaban J connectivity index is 1.44. The van der Waals surface area contributed by atoms with Crippen molar-refractivity contribution in [1.82, 2.24) is 5.32 Å². The number of thioether (sulfide) groups is 1. The van der Waals surface area contributed by atoms with Crippen molar-refractivity contribution in [2.24, 2.45) is 10.9 Å². The minimum Gasteiger partial charge on any atom is -0.497 e. The summed E-state index contributed by atoms with van der Waals surface area (Å²) < 4.78 is 10.5. The number of fused-ring (bicyclic) bond motifs is 1. The number of ether oxygens (including phenoxy) is 2. The summed E-state index contributed by atoms with van der Waals surface area (Å²) in [6.07, 6.45) is -1.85. The second-order valence-electron chi connectivity index (χ2n) is 7.79. The molecule has 0 saturated heterocycles. The van der Waals surface area contributed by atoms with Crippen LogP contribution in [0.25, 0.3) is 0 Å². The van der Waals surface area contributed by atoms with Gasteiger partial charge in [0.05, 0.1) is 32.3 Å². The number of benzene rings is 2. The van der Waals surface area contributed by atoms with E-state index in [1.54, 1.807) is 14.2 Å². The van der Waals surface area contributed by atoms with Crippen LogP contribution in [0.3, 0.4) is 0 Å². The first-order valence-electron chi connectivity index (χ1n) is 10.4. The van der Waals surface area contributed by atoms with Gasteiger partial charge in [0, 0.05) is 23.0 Å². The molecule has 0 aromatic heterocycles. The Morgan fingerprint density at radius 2 is 1.88 bits per heavy atom. The van der Waals surface area contributed by atoms with Crippen LogP contribution in [-0.2, 0) is 11.3 Å². The average molecular weight is 458 g/mol. The highest BCUT2D eigenvalue weighted by molar-refractivity contribution is 8.15. The summed E-state index contributed by atoms with van der Waals surface area (Å²) in [4.78, 5) is 17.6. The molecule has 5 atom stereocenters. The number of aliphatic imine (C=N–C) groups is 1. The van der Waals surface area contributed by atoms with Crippen molar-refractivity contribution >= 4 is 28.5 Å². The van der Waals surface area contributed by atoms with E-state index in [-0.39, 0.29) is 17.6 Å². The van der Waals surface area contributed by atoms with Gasteiger partial charge in [-0.3, -0.25) is 9.79 Å². The Morgan fingerprint density at radius 3 is 2.59 bits per heavy atom. The molecule has 8 nitrogen and oxygen atoms in total. The molecule has 9 heteroatoms. The number of carbonyl (C=O) groups excluding carboxylic acids is 1. The average Bonchev–Trinajstić information content (AvgIpc) is 3.24. The van der Waals surface area contributed by atoms with Crippen molar-refractivity contribution in [2.45, 2.75) is 36.5 Å². The van der Waals surface area contributed by atoms with Crippen LogP contribution in [0, 0.1) is 5.92 Å². The summed E-state index contributed by atoms with van der Waals surface area (Å²) in [5, 5.41) is 27.4. The summed E-state index contributed by atoms with van der Waals surface area (Å²) in [6.45, 7) is 0.317. The molecule has 1 aliphatic carbocycles. The fourth-order valence-electron chi connectivity index (χ4n) is 4.07. The number of methoxy groups -OCH3 is 2. The van der Waals surface area contributed by atoms with E-state index >= 15 is 0 Å². The van der Waals surface area contributed by atoms with Gasteiger partial charge >= 0.3 is 0 Å². The second-order valence-corrected chi connectivity index (χ2v) is 8.96. The van der Waals surface area contributed by atoms with Gasteiger partial charge in [-0.2, -0.15) is 0 Å². The lowest BCUT2D eigenvalue weighted by atomic mass is 9.81. The van der Waals surface area contributed by atoms with E-state index in [0.29, 0.717) is 17.5 Å². The molecule has 32 heavy (non-hydrogen) atoms. The van der Waals surface area contributed by atoms with E-state index < -0.39 is 24.2 Å². The number of aliphatic hydroxyl groups excluding tert-OH is 2. The molecule has 0 radical (unpaired) electrons. The van der Waals surface area contributed by atoms with E-state index in [4.69, 9.17) is 9.47 Å².